The Morgan fingerprint density at radius 2 is 2.31 bits per heavy atom. The topological polar surface area (TPSA) is 52.0 Å². The van der Waals surface area contributed by atoms with E-state index in [2.05, 4.69) is 21.1 Å². The molecule has 2 N–H and O–H groups in total. The van der Waals surface area contributed by atoms with Crippen molar-refractivity contribution in [2.45, 2.75) is 6.54 Å². The minimum Gasteiger partial charge on any atom is -0.355 e. The monoisotopic (exact) mass is 244 g/mol. The van der Waals surface area contributed by atoms with Crippen LogP contribution in [0.1, 0.15) is 5.69 Å². The molecular weight excluding hydrogens is 239 g/mol. The summed E-state index contributed by atoms with van der Waals surface area (Å²) in [5.74, 6) is -0.361. The highest BCUT2D eigenvalue weighted by atomic mass is 79.9. The maximum Gasteiger partial charge on any atom is 0.184 e. The van der Waals surface area contributed by atoms with E-state index in [1.165, 1.54) is 6.07 Å². The lowest BCUT2D eigenvalue weighted by Crippen LogP contribution is -1.97. The van der Waals surface area contributed by atoms with Crippen LogP contribution in [-0.4, -0.2) is 5.16 Å². The van der Waals surface area contributed by atoms with Gasteiger partial charge in [0.15, 0.2) is 5.58 Å². The van der Waals surface area contributed by atoms with Gasteiger partial charge in [-0.25, -0.2) is 4.39 Å². The van der Waals surface area contributed by atoms with Gasteiger partial charge in [0.1, 0.15) is 11.5 Å². The van der Waals surface area contributed by atoms with Gasteiger partial charge < -0.3 is 10.3 Å². The number of nitrogens with two attached hydrogens (primary N) is 1. The first-order valence-corrected chi connectivity index (χ1v) is 4.45. The van der Waals surface area contributed by atoms with Crippen molar-refractivity contribution in [2.75, 3.05) is 0 Å². The van der Waals surface area contributed by atoms with E-state index in [4.69, 9.17) is 10.3 Å². The van der Waals surface area contributed by atoms with Gasteiger partial charge in [0.25, 0.3) is 0 Å². The third-order valence-corrected chi connectivity index (χ3v) is 2.41. The van der Waals surface area contributed by atoms with Crippen LogP contribution in [0.4, 0.5) is 4.39 Å². The first-order chi connectivity index (χ1) is 6.24. The highest BCUT2D eigenvalue weighted by Gasteiger charge is 2.13. The third-order valence-electron chi connectivity index (χ3n) is 1.79. The van der Waals surface area contributed by atoms with E-state index in [1.807, 2.05) is 0 Å². The minimum atomic E-state index is -0.361. The molecule has 1 aromatic carbocycles. The van der Waals surface area contributed by atoms with Crippen LogP contribution in [0.5, 0.6) is 0 Å². The molecule has 0 aliphatic rings. The Balaban J connectivity index is 2.87. The Bertz CT molecular complexity index is 455. The van der Waals surface area contributed by atoms with E-state index >= 15 is 0 Å². The average molecular weight is 245 g/mol. The molecule has 0 saturated heterocycles. The van der Waals surface area contributed by atoms with E-state index in [0.717, 1.165) is 0 Å². The van der Waals surface area contributed by atoms with E-state index < -0.39 is 0 Å². The van der Waals surface area contributed by atoms with Gasteiger partial charge in [-0.2, -0.15) is 0 Å². The molecule has 68 valence electrons. The Hall–Kier alpha value is -0.940. The largest absolute Gasteiger partial charge is 0.355 e. The number of hydrogen-bond acceptors (Lipinski definition) is 3. The fourth-order valence-corrected chi connectivity index (χ4v) is 1.58. The molecule has 0 spiro atoms. The summed E-state index contributed by atoms with van der Waals surface area (Å²) >= 11 is 3.23. The first-order valence-electron chi connectivity index (χ1n) is 3.66. The lowest BCUT2D eigenvalue weighted by Gasteiger charge is -1.93. The fourth-order valence-electron chi connectivity index (χ4n) is 1.18. The van der Waals surface area contributed by atoms with E-state index in [1.54, 1.807) is 6.07 Å². The van der Waals surface area contributed by atoms with Crippen molar-refractivity contribution in [3.8, 4) is 0 Å². The van der Waals surface area contributed by atoms with Gasteiger partial charge in [0.05, 0.1) is 9.86 Å². The van der Waals surface area contributed by atoms with Crippen molar-refractivity contribution in [3.63, 3.8) is 0 Å². The van der Waals surface area contributed by atoms with Crippen molar-refractivity contribution < 1.29 is 8.91 Å². The molecule has 13 heavy (non-hydrogen) atoms. The quantitative estimate of drug-likeness (QED) is 0.837. The highest BCUT2D eigenvalue weighted by molar-refractivity contribution is 9.10. The number of rotatable bonds is 1. The van der Waals surface area contributed by atoms with Crippen molar-refractivity contribution in [1.29, 1.82) is 0 Å². The van der Waals surface area contributed by atoms with Crippen molar-refractivity contribution in [3.05, 3.63) is 28.1 Å². The molecule has 0 fully saturated rings. The molecule has 0 unspecified atom stereocenters. The minimum absolute atomic E-state index is 0.167. The molecule has 0 atom stereocenters. The van der Waals surface area contributed by atoms with Gasteiger partial charge in [-0.3, -0.25) is 0 Å². The van der Waals surface area contributed by atoms with Crippen LogP contribution in [0.15, 0.2) is 21.1 Å². The standard InChI is InChI=1S/C8H6BrFN2O/c9-4-1-2-5(10)7-6(3-11)12-13-8(4)7/h1-2H,3,11H2. The van der Waals surface area contributed by atoms with Crippen molar-refractivity contribution >= 4 is 26.9 Å². The van der Waals surface area contributed by atoms with Crippen LogP contribution in [0.2, 0.25) is 0 Å². The Kier molecular flexibility index (Phi) is 2.05. The summed E-state index contributed by atoms with van der Waals surface area (Å²) in [5.41, 5.74) is 6.22. The summed E-state index contributed by atoms with van der Waals surface area (Å²) in [6, 6.07) is 2.92. The highest BCUT2D eigenvalue weighted by Crippen LogP contribution is 2.28. The number of nitrogens with zero attached hydrogens (tertiary/aromatic N) is 1. The van der Waals surface area contributed by atoms with Crippen LogP contribution < -0.4 is 5.73 Å². The molecule has 0 saturated carbocycles. The second-order valence-electron chi connectivity index (χ2n) is 2.57. The zero-order valence-electron chi connectivity index (χ0n) is 6.55. The third kappa shape index (κ3) is 1.24. The Morgan fingerprint density at radius 3 is 3.00 bits per heavy atom. The predicted octanol–water partition coefficient (Wildman–Crippen LogP) is 2.19. The van der Waals surface area contributed by atoms with E-state index in [-0.39, 0.29) is 12.4 Å². The molecule has 5 heteroatoms. The molecule has 1 aromatic heterocycles. The lowest BCUT2D eigenvalue weighted by molar-refractivity contribution is 0.445. The fraction of sp³-hybridized carbons (Fsp3) is 0.125. The molecule has 0 radical (unpaired) electrons. The summed E-state index contributed by atoms with van der Waals surface area (Å²) in [6.45, 7) is 0.167. The predicted molar refractivity (Wildman–Crippen MR) is 49.6 cm³/mol. The summed E-state index contributed by atoms with van der Waals surface area (Å²) < 4.78 is 18.9. The number of aromatic nitrogens is 1. The van der Waals surface area contributed by atoms with Crippen LogP contribution in [-0.2, 0) is 6.54 Å². The second kappa shape index (κ2) is 3.08. The van der Waals surface area contributed by atoms with Crippen LogP contribution in [0, 0.1) is 5.82 Å². The molecule has 0 aliphatic carbocycles. The first kappa shape index (κ1) is 8.65. The van der Waals surface area contributed by atoms with Gasteiger partial charge >= 0.3 is 0 Å². The SMILES string of the molecule is NCc1noc2c(Br)ccc(F)c12. The van der Waals surface area contributed by atoms with Gasteiger partial charge in [-0.05, 0) is 28.1 Å². The molecule has 0 aliphatic heterocycles. The van der Waals surface area contributed by atoms with Crippen LogP contribution in [0.25, 0.3) is 11.0 Å². The average Bonchev–Trinajstić information content (AvgIpc) is 2.56. The van der Waals surface area contributed by atoms with E-state index in [9.17, 15) is 4.39 Å². The summed E-state index contributed by atoms with van der Waals surface area (Å²) in [6.07, 6.45) is 0. The maximum absolute atomic E-state index is 13.3. The van der Waals surface area contributed by atoms with Crippen LogP contribution in [0.3, 0.4) is 0 Å². The zero-order chi connectivity index (χ0) is 9.42. The molecule has 2 rings (SSSR count). The van der Waals surface area contributed by atoms with Crippen molar-refractivity contribution in [2.24, 2.45) is 5.73 Å². The van der Waals surface area contributed by atoms with E-state index in [0.29, 0.717) is 21.1 Å². The molecule has 1 heterocycles. The summed E-state index contributed by atoms with van der Waals surface area (Å²) in [7, 11) is 0. The molecule has 3 nitrogen and oxygen atoms in total. The molecule has 0 bridgehead atoms. The smallest absolute Gasteiger partial charge is 0.184 e. The Morgan fingerprint density at radius 1 is 1.54 bits per heavy atom. The second-order valence-corrected chi connectivity index (χ2v) is 3.42. The lowest BCUT2D eigenvalue weighted by atomic mass is 10.2. The van der Waals surface area contributed by atoms with Crippen molar-refractivity contribution in [1.82, 2.24) is 5.16 Å². The normalized spacial score (nSPS) is 11.0. The summed E-state index contributed by atoms with van der Waals surface area (Å²) in [4.78, 5) is 0. The number of benzene rings is 1. The Labute approximate surface area is 81.8 Å². The molecule has 2 aromatic rings. The summed E-state index contributed by atoms with van der Waals surface area (Å²) in [5, 5.41) is 4.02. The molecular formula is C8H6BrFN2O. The van der Waals surface area contributed by atoms with Crippen LogP contribution >= 0.6 is 15.9 Å². The zero-order valence-corrected chi connectivity index (χ0v) is 8.14. The van der Waals surface area contributed by atoms with Gasteiger partial charge in [-0.1, -0.05) is 5.16 Å². The molecule has 0 amide bonds. The number of fused-ring (bicyclic) bond motifs is 1. The number of hydrogen-bond donors (Lipinski definition) is 1. The van der Waals surface area contributed by atoms with Gasteiger partial charge in [0, 0.05) is 6.54 Å². The van der Waals surface area contributed by atoms with Gasteiger partial charge in [-0.15, -0.1) is 0 Å². The number of halogens is 2. The van der Waals surface area contributed by atoms with Gasteiger partial charge in [0.2, 0.25) is 0 Å². The maximum atomic E-state index is 13.3.